The topological polar surface area (TPSA) is 34.1 Å². The van der Waals surface area contributed by atoms with Gasteiger partial charge in [-0.1, -0.05) is 12.1 Å². The second kappa shape index (κ2) is 4.18. The minimum absolute atomic E-state index is 0.131. The van der Waals surface area contributed by atoms with Gasteiger partial charge in [0.1, 0.15) is 0 Å². The summed E-state index contributed by atoms with van der Waals surface area (Å²) in [5, 5.41) is 0. The van der Waals surface area contributed by atoms with E-state index in [1.165, 1.54) is 9.83 Å². The summed E-state index contributed by atoms with van der Waals surface area (Å²) in [7, 11) is -2.93. The van der Waals surface area contributed by atoms with Gasteiger partial charge in [-0.15, -0.1) is 0 Å². The Morgan fingerprint density at radius 1 is 1.21 bits per heavy atom. The van der Waals surface area contributed by atoms with Crippen molar-refractivity contribution in [2.45, 2.75) is 19.6 Å². The molecule has 1 rings (SSSR count). The number of hydrogen-bond acceptors (Lipinski definition) is 2. The van der Waals surface area contributed by atoms with Gasteiger partial charge in [0.2, 0.25) is 0 Å². The molecule has 1 aromatic carbocycles. The first-order valence-corrected chi connectivity index (χ1v) is 7.37. The van der Waals surface area contributed by atoms with Crippen LogP contribution in [0.1, 0.15) is 16.7 Å². The third-order valence-electron chi connectivity index (χ3n) is 1.93. The standard InChI is InChI=1S/C10H13IO2S/c1-7-4-9(6-14(3,12)13)5-8(2)10(7)11/h4-5H,6H2,1-3H3. The van der Waals surface area contributed by atoms with Crippen LogP contribution in [0.25, 0.3) is 0 Å². The van der Waals surface area contributed by atoms with Crippen LogP contribution >= 0.6 is 22.6 Å². The Labute approximate surface area is 98.8 Å². The fourth-order valence-electron chi connectivity index (χ4n) is 1.42. The van der Waals surface area contributed by atoms with E-state index in [1.54, 1.807) is 0 Å². The third kappa shape index (κ3) is 3.24. The zero-order valence-electron chi connectivity index (χ0n) is 8.46. The van der Waals surface area contributed by atoms with Gasteiger partial charge in [0.05, 0.1) is 5.75 Å². The second-order valence-corrected chi connectivity index (χ2v) is 6.83. The molecule has 0 N–H and O–H groups in total. The highest BCUT2D eigenvalue weighted by Gasteiger charge is 2.07. The molecule has 0 radical (unpaired) electrons. The smallest absolute Gasteiger partial charge is 0.151 e. The summed E-state index contributed by atoms with van der Waals surface area (Å²) in [4.78, 5) is 0. The summed E-state index contributed by atoms with van der Waals surface area (Å²) in [5.41, 5.74) is 3.16. The lowest BCUT2D eigenvalue weighted by molar-refractivity contribution is 0.601. The van der Waals surface area contributed by atoms with Gasteiger partial charge in [-0.2, -0.15) is 0 Å². The van der Waals surface area contributed by atoms with Crippen molar-refractivity contribution in [3.05, 3.63) is 32.4 Å². The quantitative estimate of drug-likeness (QED) is 0.783. The van der Waals surface area contributed by atoms with Crippen molar-refractivity contribution in [2.24, 2.45) is 0 Å². The van der Waals surface area contributed by atoms with E-state index in [0.29, 0.717) is 0 Å². The molecule has 0 aliphatic rings. The van der Waals surface area contributed by atoms with Gasteiger partial charge in [0.15, 0.2) is 9.84 Å². The first kappa shape index (κ1) is 12.0. The average Bonchev–Trinajstić information content (AvgIpc) is 1.96. The van der Waals surface area contributed by atoms with E-state index in [2.05, 4.69) is 22.6 Å². The molecule has 0 aliphatic heterocycles. The van der Waals surface area contributed by atoms with Gasteiger partial charge in [-0.05, 0) is 53.1 Å². The molecule has 0 fully saturated rings. The Bertz CT molecular complexity index is 426. The average molecular weight is 324 g/mol. The van der Waals surface area contributed by atoms with Crippen LogP contribution in [0, 0.1) is 17.4 Å². The first-order chi connectivity index (χ1) is 6.29. The first-order valence-electron chi connectivity index (χ1n) is 4.23. The fraction of sp³-hybridized carbons (Fsp3) is 0.400. The van der Waals surface area contributed by atoms with Crippen molar-refractivity contribution in [1.82, 2.24) is 0 Å². The summed E-state index contributed by atoms with van der Waals surface area (Å²) < 4.78 is 23.4. The van der Waals surface area contributed by atoms with Crippen molar-refractivity contribution >= 4 is 32.4 Å². The Kier molecular flexibility index (Phi) is 3.58. The van der Waals surface area contributed by atoms with Crippen molar-refractivity contribution in [1.29, 1.82) is 0 Å². The number of benzene rings is 1. The van der Waals surface area contributed by atoms with Crippen LogP contribution in [0.4, 0.5) is 0 Å². The molecule has 4 heteroatoms. The van der Waals surface area contributed by atoms with E-state index < -0.39 is 9.84 Å². The van der Waals surface area contributed by atoms with Crippen LogP contribution in [0.5, 0.6) is 0 Å². The molecule has 0 saturated carbocycles. The molecule has 2 nitrogen and oxygen atoms in total. The lowest BCUT2D eigenvalue weighted by Gasteiger charge is -2.06. The van der Waals surface area contributed by atoms with Crippen molar-refractivity contribution in [3.8, 4) is 0 Å². The van der Waals surface area contributed by atoms with Crippen LogP contribution in [0.15, 0.2) is 12.1 Å². The monoisotopic (exact) mass is 324 g/mol. The zero-order chi connectivity index (χ0) is 10.9. The molecule has 14 heavy (non-hydrogen) atoms. The van der Waals surface area contributed by atoms with E-state index in [0.717, 1.165) is 16.7 Å². The number of aryl methyl sites for hydroxylation is 2. The highest BCUT2D eigenvalue weighted by molar-refractivity contribution is 14.1. The lowest BCUT2D eigenvalue weighted by atomic mass is 10.1. The van der Waals surface area contributed by atoms with E-state index in [1.807, 2.05) is 26.0 Å². The Hall–Kier alpha value is -0.100. The molecular weight excluding hydrogens is 311 g/mol. The Balaban J connectivity index is 3.14. The summed E-state index contributed by atoms with van der Waals surface area (Å²) in [5.74, 6) is 0.131. The van der Waals surface area contributed by atoms with Crippen LogP contribution in [0.2, 0.25) is 0 Å². The summed E-state index contributed by atoms with van der Waals surface area (Å²) >= 11 is 2.27. The number of rotatable bonds is 2. The molecule has 0 unspecified atom stereocenters. The van der Waals surface area contributed by atoms with Crippen molar-refractivity contribution in [3.63, 3.8) is 0 Å². The predicted molar refractivity (Wildman–Crippen MR) is 67.2 cm³/mol. The molecule has 78 valence electrons. The van der Waals surface area contributed by atoms with Crippen LogP contribution in [0.3, 0.4) is 0 Å². The molecular formula is C10H13IO2S. The van der Waals surface area contributed by atoms with E-state index in [4.69, 9.17) is 0 Å². The maximum Gasteiger partial charge on any atom is 0.151 e. The number of hydrogen-bond donors (Lipinski definition) is 0. The minimum Gasteiger partial charge on any atom is -0.229 e. The Morgan fingerprint density at radius 3 is 2.00 bits per heavy atom. The zero-order valence-corrected chi connectivity index (χ0v) is 11.4. The van der Waals surface area contributed by atoms with Gasteiger partial charge < -0.3 is 0 Å². The molecule has 0 spiro atoms. The van der Waals surface area contributed by atoms with Gasteiger partial charge >= 0.3 is 0 Å². The largest absolute Gasteiger partial charge is 0.229 e. The van der Waals surface area contributed by atoms with Gasteiger partial charge in [0.25, 0.3) is 0 Å². The van der Waals surface area contributed by atoms with Crippen LogP contribution in [-0.2, 0) is 15.6 Å². The summed E-state index contributed by atoms with van der Waals surface area (Å²) in [6, 6.07) is 3.88. The molecule has 0 aliphatic carbocycles. The minimum atomic E-state index is -2.93. The molecule has 0 heterocycles. The Morgan fingerprint density at radius 2 is 1.64 bits per heavy atom. The molecule has 1 aromatic rings. The van der Waals surface area contributed by atoms with Gasteiger partial charge in [-0.3, -0.25) is 0 Å². The van der Waals surface area contributed by atoms with Gasteiger partial charge in [-0.25, -0.2) is 8.42 Å². The summed E-state index contributed by atoms with van der Waals surface area (Å²) in [6.07, 6.45) is 1.26. The predicted octanol–water partition coefficient (Wildman–Crippen LogP) is 2.45. The second-order valence-electron chi connectivity index (χ2n) is 3.61. The van der Waals surface area contributed by atoms with E-state index >= 15 is 0 Å². The summed E-state index contributed by atoms with van der Waals surface area (Å²) in [6.45, 7) is 4.00. The van der Waals surface area contributed by atoms with Crippen molar-refractivity contribution in [2.75, 3.05) is 6.26 Å². The number of sulfone groups is 1. The van der Waals surface area contributed by atoms with Gasteiger partial charge in [0, 0.05) is 9.83 Å². The van der Waals surface area contributed by atoms with Crippen LogP contribution < -0.4 is 0 Å². The highest BCUT2D eigenvalue weighted by Crippen LogP contribution is 2.19. The maximum absolute atomic E-state index is 11.1. The molecule has 0 amide bonds. The molecule has 0 saturated heterocycles. The maximum atomic E-state index is 11.1. The normalized spacial score (nSPS) is 11.7. The molecule has 0 aromatic heterocycles. The van der Waals surface area contributed by atoms with E-state index in [-0.39, 0.29) is 5.75 Å². The van der Waals surface area contributed by atoms with Crippen molar-refractivity contribution < 1.29 is 8.42 Å². The fourth-order valence-corrected chi connectivity index (χ4v) is 2.51. The van der Waals surface area contributed by atoms with Crippen LogP contribution in [-0.4, -0.2) is 14.7 Å². The highest BCUT2D eigenvalue weighted by atomic mass is 127. The van der Waals surface area contributed by atoms with E-state index in [9.17, 15) is 8.42 Å². The SMILES string of the molecule is Cc1cc(CS(C)(=O)=O)cc(C)c1I. The lowest BCUT2D eigenvalue weighted by Crippen LogP contribution is -2.02. The molecule has 0 bridgehead atoms. The molecule has 0 atom stereocenters. The third-order valence-corrected chi connectivity index (χ3v) is 4.48. The number of halogens is 1.